The Morgan fingerprint density at radius 2 is 1.00 bits per heavy atom. The largest absolute Gasteiger partial charge is 0.334 e. The van der Waals surface area contributed by atoms with Gasteiger partial charge < -0.3 is 0 Å². The van der Waals surface area contributed by atoms with Crippen LogP contribution in [0.5, 0.6) is 0 Å². The van der Waals surface area contributed by atoms with E-state index in [-0.39, 0.29) is 17.9 Å². The van der Waals surface area contributed by atoms with Crippen LogP contribution in [-0.4, -0.2) is 6.43 Å². The second-order valence-electron chi connectivity index (χ2n) is 2.87. The van der Waals surface area contributed by atoms with Gasteiger partial charge in [0.05, 0.1) is 5.56 Å². The van der Waals surface area contributed by atoms with Gasteiger partial charge in [-0.1, -0.05) is 0 Å². The fourth-order valence-electron chi connectivity index (χ4n) is 1.01. The molecule has 17 heavy (non-hydrogen) atoms. The van der Waals surface area contributed by atoms with Gasteiger partial charge in [0.1, 0.15) is 0 Å². The molecule has 0 saturated carbocycles. The van der Waals surface area contributed by atoms with Crippen LogP contribution in [0.15, 0.2) is 22.4 Å². The minimum Gasteiger partial charge on any atom is -0.203 e. The maximum absolute atomic E-state index is 13.4. The number of hydrogen-bond donors (Lipinski definition) is 0. The quantitative estimate of drug-likeness (QED) is 0.207. The lowest BCUT2D eigenvalue weighted by molar-refractivity contribution is -0.136. The van der Waals surface area contributed by atoms with Crippen LogP contribution in [-0.2, 0) is 5.92 Å². The molecule has 0 atom stereocenters. The molecular weight excluding hydrogens is 572 g/mol. The van der Waals surface area contributed by atoms with Crippen LogP contribution in [0.2, 0.25) is 0 Å². The van der Waals surface area contributed by atoms with E-state index < -0.39 is 17.9 Å². The molecule has 0 aromatic heterocycles. The third-order valence-electron chi connectivity index (χ3n) is 1.82. The molecule has 0 amide bonds. The lowest BCUT2D eigenvalue weighted by atomic mass is 10.1. The van der Waals surface area contributed by atoms with E-state index in [0.29, 0.717) is 4.47 Å². The Bertz CT molecular complexity index is 431. The fourth-order valence-corrected chi connectivity index (χ4v) is 4.58. The maximum atomic E-state index is 13.4. The van der Waals surface area contributed by atoms with E-state index in [1.807, 2.05) is 0 Å². The van der Waals surface area contributed by atoms with Crippen molar-refractivity contribution in [2.24, 2.45) is 0 Å². The standard InChI is InChI=1S/C8HBr5F4/c9-2-1(8(16,17)7(14)15)3(10)5(12)6(13)4(2)11/h7H. The van der Waals surface area contributed by atoms with Crippen LogP contribution < -0.4 is 0 Å². The first kappa shape index (κ1) is 16.4. The monoisotopic (exact) mass is 568 g/mol. The molecule has 0 unspecified atom stereocenters. The average Bonchev–Trinajstić information content (AvgIpc) is 2.23. The zero-order valence-electron chi connectivity index (χ0n) is 7.48. The molecule has 1 aromatic rings. The smallest absolute Gasteiger partial charge is 0.203 e. The molecule has 96 valence electrons. The normalized spacial score (nSPS) is 12.4. The van der Waals surface area contributed by atoms with E-state index in [1.54, 1.807) is 0 Å². The number of rotatable bonds is 2. The van der Waals surface area contributed by atoms with Gasteiger partial charge >= 0.3 is 12.3 Å². The van der Waals surface area contributed by atoms with Crippen molar-refractivity contribution in [2.45, 2.75) is 12.3 Å². The van der Waals surface area contributed by atoms with E-state index in [0.717, 1.165) is 0 Å². The first-order valence-electron chi connectivity index (χ1n) is 3.80. The molecule has 0 fully saturated rings. The van der Waals surface area contributed by atoms with E-state index in [2.05, 4.69) is 79.6 Å². The number of benzene rings is 1. The lowest BCUT2D eigenvalue weighted by Crippen LogP contribution is -2.25. The van der Waals surface area contributed by atoms with Crippen molar-refractivity contribution in [2.75, 3.05) is 0 Å². The molecule has 0 bridgehead atoms. The van der Waals surface area contributed by atoms with Crippen molar-refractivity contribution >= 4 is 79.6 Å². The summed E-state index contributed by atoms with van der Waals surface area (Å²) in [5.41, 5.74) is -0.811. The summed E-state index contributed by atoms with van der Waals surface area (Å²) in [7, 11) is 0. The first-order chi connectivity index (χ1) is 7.62. The van der Waals surface area contributed by atoms with Crippen LogP contribution in [0.25, 0.3) is 0 Å². The predicted octanol–water partition coefficient (Wildman–Crippen LogP) is 6.86. The van der Waals surface area contributed by atoms with Crippen LogP contribution in [0.4, 0.5) is 17.6 Å². The molecule has 0 aliphatic heterocycles. The number of alkyl halides is 4. The topological polar surface area (TPSA) is 0 Å². The molecule has 0 spiro atoms. The first-order valence-corrected chi connectivity index (χ1v) is 7.76. The zero-order chi connectivity index (χ0) is 13.5. The van der Waals surface area contributed by atoms with Crippen LogP contribution in [0, 0.1) is 0 Å². The summed E-state index contributed by atoms with van der Waals surface area (Å²) in [5, 5.41) is 0. The van der Waals surface area contributed by atoms with Crippen LogP contribution in [0.3, 0.4) is 0 Å². The molecule has 1 aromatic carbocycles. The highest BCUT2D eigenvalue weighted by atomic mass is 79.9. The van der Waals surface area contributed by atoms with Crippen molar-refractivity contribution in [3.8, 4) is 0 Å². The Kier molecular flexibility index (Phi) is 5.56. The highest BCUT2D eigenvalue weighted by molar-refractivity contribution is 9.15. The Morgan fingerprint density at radius 3 is 1.29 bits per heavy atom. The minimum atomic E-state index is -4.26. The maximum Gasteiger partial charge on any atom is 0.334 e. The van der Waals surface area contributed by atoms with Gasteiger partial charge in [-0.05, 0) is 79.6 Å². The third-order valence-corrected chi connectivity index (χ3v) is 7.91. The lowest BCUT2D eigenvalue weighted by Gasteiger charge is -2.21. The molecular formula is C8HBr5F4. The average molecular weight is 573 g/mol. The van der Waals surface area contributed by atoms with Gasteiger partial charge in [-0.2, -0.15) is 8.78 Å². The molecule has 9 heteroatoms. The second-order valence-corrected chi connectivity index (χ2v) is 6.83. The van der Waals surface area contributed by atoms with Gasteiger partial charge in [0, 0.05) is 22.4 Å². The zero-order valence-corrected chi connectivity index (χ0v) is 15.4. The Hall–Kier alpha value is 1.34. The van der Waals surface area contributed by atoms with Gasteiger partial charge in [-0.15, -0.1) is 0 Å². The Morgan fingerprint density at radius 1 is 0.706 bits per heavy atom. The summed E-state index contributed by atoms with van der Waals surface area (Å²) >= 11 is 15.0. The molecule has 0 nitrogen and oxygen atoms in total. The SMILES string of the molecule is FC(F)C(F)(F)c1c(Br)c(Br)c(Br)c(Br)c1Br. The summed E-state index contributed by atoms with van der Waals surface area (Å²) in [5.74, 6) is -4.26. The summed E-state index contributed by atoms with van der Waals surface area (Å²) in [6.07, 6.45) is -3.80. The molecule has 0 aliphatic rings. The van der Waals surface area contributed by atoms with Gasteiger partial charge in [0.2, 0.25) is 0 Å². The van der Waals surface area contributed by atoms with Crippen LogP contribution >= 0.6 is 79.6 Å². The van der Waals surface area contributed by atoms with Crippen molar-refractivity contribution in [1.29, 1.82) is 0 Å². The van der Waals surface area contributed by atoms with Crippen molar-refractivity contribution in [3.63, 3.8) is 0 Å². The Balaban J connectivity index is 3.66. The van der Waals surface area contributed by atoms with Gasteiger partial charge in [-0.25, -0.2) is 8.78 Å². The van der Waals surface area contributed by atoms with Gasteiger partial charge in [-0.3, -0.25) is 0 Å². The minimum absolute atomic E-state index is 0.134. The van der Waals surface area contributed by atoms with Crippen LogP contribution in [0.1, 0.15) is 5.56 Å². The molecule has 1 rings (SSSR count). The highest BCUT2D eigenvalue weighted by Gasteiger charge is 2.47. The number of hydrogen-bond acceptors (Lipinski definition) is 0. The van der Waals surface area contributed by atoms with Crippen molar-refractivity contribution < 1.29 is 17.6 Å². The third kappa shape index (κ3) is 2.93. The predicted molar refractivity (Wildman–Crippen MR) is 74.8 cm³/mol. The van der Waals surface area contributed by atoms with E-state index >= 15 is 0 Å². The molecule has 0 N–H and O–H groups in total. The van der Waals surface area contributed by atoms with Gasteiger partial charge in [0.15, 0.2) is 0 Å². The highest BCUT2D eigenvalue weighted by Crippen LogP contribution is 2.51. The van der Waals surface area contributed by atoms with Crippen molar-refractivity contribution in [1.82, 2.24) is 0 Å². The van der Waals surface area contributed by atoms with E-state index in [9.17, 15) is 17.6 Å². The summed E-state index contributed by atoms with van der Waals surface area (Å²) in [4.78, 5) is 0. The molecule has 0 saturated heterocycles. The van der Waals surface area contributed by atoms with E-state index in [1.165, 1.54) is 0 Å². The van der Waals surface area contributed by atoms with Crippen molar-refractivity contribution in [3.05, 3.63) is 27.9 Å². The van der Waals surface area contributed by atoms with E-state index in [4.69, 9.17) is 0 Å². The Labute approximate surface area is 136 Å². The van der Waals surface area contributed by atoms with Gasteiger partial charge in [0.25, 0.3) is 0 Å². The summed E-state index contributed by atoms with van der Waals surface area (Å²) < 4.78 is 52.2. The molecule has 0 radical (unpaired) electrons. The molecule has 0 heterocycles. The molecule has 0 aliphatic carbocycles. The summed E-state index contributed by atoms with van der Waals surface area (Å²) in [6.45, 7) is 0. The number of halogens is 9. The summed E-state index contributed by atoms with van der Waals surface area (Å²) in [6, 6.07) is 0. The fraction of sp³-hybridized carbons (Fsp3) is 0.250. The second kappa shape index (κ2) is 5.76.